The Morgan fingerprint density at radius 2 is 2.18 bits per heavy atom. The van der Waals surface area contributed by atoms with E-state index in [0.29, 0.717) is 34.3 Å². The van der Waals surface area contributed by atoms with Crippen LogP contribution in [0.4, 0.5) is 10.1 Å². The lowest BCUT2D eigenvalue weighted by atomic mass is 10.2. The molecule has 1 rings (SSSR count). The summed E-state index contributed by atoms with van der Waals surface area (Å²) in [5, 5.41) is 3.47. The second kappa shape index (κ2) is 7.19. The lowest BCUT2D eigenvalue weighted by Crippen LogP contribution is -2.12. The Morgan fingerprint density at radius 1 is 1.47 bits per heavy atom. The third-order valence-electron chi connectivity index (χ3n) is 2.01. The zero-order chi connectivity index (χ0) is 12.8. The van der Waals surface area contributed by atoms with Crippen molar-refractivity contribution in [2.75, 3.05) is 25.1 Å². The first-order valence-electron chi connectivity index (χ1n) is 5.47. The van der Waals surface area contributed by atoms with Gasteiger partial charge in [0.05, 0.1) is 17.3 Å². The Balaban J connectivity index is 2.42. The summed E-state index contributed by atoms with van der Waals surface area (Å²) in [6.07, 6.45) is 0. The molecule has 0 unspecified atom stereocenters. The molecule has 0 atom stereocenters. The summed E-state index contributed by atoms with van der Waals surface area (Å²) in [5.41, 5.74) is 0.696. The molecule has 96 valence electrons. The van der Waals surface area contributed by atoms with Crippen LogP contribution < -0.4 is 5.32 Å². The summed E-state index contributed by atoms with van der Waals surface area (Å²) in [7, 11) is 0. The molecule has 0 aliphatic carbocycles. The van der Waals surface area contributed by atoms with Crippen LogP contribution >= 0.6 is 27.5 Å². The van der Waals surface area contributed by atoms with Gasteiger partial charge in [-0.25, -0.2) is 4.39 Å². The van der Waals surface area contributed by atoms with Crippen molar-refractivity contribution < 1.29 is 9.13 Å². The first-order chi connectivity index (χ1) is 8.00. The van der Waals surface area contributed by atoms with E-state index in [1.807, 2.05) is 0 Å². The van der Waals surface area contributed by atoms with Gasteiger partial charge in [0, 0.05) is 17.6 Å². The van der Waals surface area contributed by atoms with Crippen LogP contribution in [0, 0.1) is 11.7 Å². The van der Waals surface area contributed by atoms with E-state index in [9.17, 15) is 4.39 Å². The summed E-state index contributed by atoms with van der Waals surface area (Å²) in [6, 6.07) is 2.66. The maximum atomic E-state index is 13.0. The van der Waals surface area contributed by atoms with Crippen molar-refractivity contribution in [3.05, 3.63) is 27.4 Å². The van der Waals surface area contributed by atoms with Gasteiger partial charge in [0.25, 0.3) is 0 Å². The molecule has 1 N–H and O–H groups in total. The zero-order valence-corrected chi connectivity index (χ0v) is 12.2. The van der Waals surface area contributed by atoms with E-state index in [1.54, 1.807) is 0 Å². The van der Waals surface area contributed by atoms with Gasteiger partial charge in [0.2, 0.25) is 0 Å². The quantitative estimate of drug-likeness (QED) is 0.787. The average molecular weight is 325 g/mol. The summed E-state index contributed by atoms with van der Waals surface area (Å²) in [5.74, 6) is 0.166. The molecule has 0 spiro atoms. The summed E-state index contributed by atoms with van der Waals surface area (Å²) in [4.78, 5) is 0. The molecule has 2 nitrogen and oxygen atoms in total. The Kier molecular flexibility index (Phi) is 6.23. The molecule has 1 aromatic carbocycles. The molecule has 0 saturated carbocycles. The molecule has 1 aromatic rings. The molecule has 0 radical (unpaired) electrons. The molecular formula is C12H16BrClFNO. The first-order valence-corrected chi connectivity index (χ1v) is 6.64. The minimum atomic E-state index is -0.358. The molecule has 0 heterocycles. The molecule has 0 saturated heterocycles. The van der Waals surface area contributed by atoms with Gasteiger partial charge >= 0.3 is 0 Å². The van der Waals surface area contributed by atoms with Gasteiger partial charge in [-0.2, -0.15) is 0 Å². The predicted molar refractivity (Wildman–Crippen MR) is 73.3 cm³/mol. The largest absolute Gasteiger partial charge is 0.381 e. The van der Waals surface area contributed by atoms with Crippen molar-refractivity contribution in [2.45, 2.75) is 13.8 Å². The van der Waals surface area contributed by atoms with Crippen LogP contribution in [0.25, 0.3) is 0 Å². The van der Waals surface area contributed by atoms with Crippen LogP contribution in [0.2, 0.25) is 5.02 Å². The van der Waals surface area contributed by atoms with Crippen LogP contribution in [-0.4, -0.2) is 19.8 Å². The van der Waals surface area contributed by atoms with Crippen LogP contribution in [0.15, 0.2) is 16.6 Å². The fourth-order valence-electron chi connectivity index (χ4n) is 1.28. The van der Waals surface area contributed by atoms with Crippen molar-refractivity contribution in [1.29, 1.82) is 0 Å². The second-order valence-electron chi connectivity index (χ2n) is 4.14. The van der Waals surface area contributed by atoms with Crippen LogP contribution in [0.5, 0.6) is 0 Å². The standard InChI is InChI=1S/C12H16BrClFNO/c1-8(2)7-17-4-3-16-12-10(13)5-9(15)6-11(12)14/h5-6,8,16H,3-4,7H2,1-2H3. The van der Waals surface area contributed by atoms with Crippen LogP contribution in [0.1, 0.15) is 13.8 Å². The highest BCUT2D eigenvalue weighted by Crippen LogP contribution is 2.31. The molecule has 0 aliphatic heterocycles. The Hall–Kier alpha value is -0.320. The molecule has 5 heteroatoms. The number of ether oxygens (including phenoxy) is 1. The van der Waals surface area contributed by atoms with Crippen molar-refractivity contribution in [3.63, 3.8) is 0 Å². The summed E-state index contributed by atoms with van der Waals surface area (Å²) in [6.45, 7) is 6.16. The van der Waals surface area contributed by atoms with E-state index >= 15 is 0 Å². The maximum Gasteiger partial charge on any atom is 0.125 e. The van der Waals surface area contributed by atoms with Crippen molar-refractivity contribution in [1.82, 2.24) is 0 Å². The van der Waals surface area contributed by atoms with Crippen molar-refractivity contribution in [3.8, 4) is 0 Å². The molecule has 0 aliphatic rings. The molecule has 0 fully saturated rings. The van der Waals surface area contributed by atoms with E-state index in [2.05, 4.69) is 35.1 Å². The molecule has 0 aromatic heterocycles. The number of halogens is 3. The van der Waals surface area contributed by atoms with Crippen molar-refractivity contribution >= 4 is 33.2 Å². The lowest BCUT2D eigenvalue weighted by Gasteiger charge is -2.11. The van der Waals surface area contributed by atoms with Gasteiger partial charge in [-0.05, 0) is 34.0 Å². The fraction of sp³-hybridized carbons (Fsp3) is 0.500. The highest BCUT2D eigenvalue weighted by atomic mass is 79.9. The van der Waals surface area contributed by atoms with E-state index in [-0.39, 0.29) is 5.82 Å². The second-order valence-corrected chi connectivity index (χ2v) is 5.40. The van der Waals surface area contributed by atoms with Crippen LogP contribution in [0.3, 0.4) is 0 Å². The highest BCUT2D eigenvalue weighted by molar-refractivity contribution is 9.10. The van der Waals surface area contributed by atoms with Gasteiger partial charge < -0.3 is 10.1 Å². The SMILES string of the molecule is CC(C)COCCNc1c(Cl)cc(F)cc1Br. The third kappa shape index (κ3) is 5.23. The minimum Gasteiger partial charge on any atom is -0.381 e. The Bertz CT molecular complexity index is 351. The van der Waals surface area contributed by atoms with Gasteiger partial charge in [-0.3, -0.25) is 0 Å². The Labute approximate surface area is 115 Å². The molecule has 0 bridgehead atoms. The first kappa shape index (κ1) is 14.7. The van der Waals surface area contributed by atoms with Crippen molar-refractivity contribution in [2.24, 2.45) is 5.92 Å². The lowest BCUT2D eigenvalue weighted by molar-refractivity contribution is 0.118. The Morgan fingerprint density at radius 3 is 2.76 bits per heavy atom. The number of rotatable bonds is 6. The predicted octanol–water partition coefficient (Wildman–Crippen LogP) is 4.33. The highest BCUT2D eigenvalue weighted by Gasteiger charge is 2.07. The minimum absolute atomic E-state index is 0.358. The normalized spacial score (nSPS) is 10.9. The number of benzene rings is 1. The molecule has 0 amide bonds. The van der Waals surface area contributed by atoms with E-state index < -0.39 is 0 Å². The number of hydrogen-bond acceptors (Lipinski definition) is 2. The average Bonchev–Trinajstić information content (AvgIpc) is 2.20. The van der Waals surface area contributed by atoms with Gasteiger partial charge in [-0.15, -0.1) is 0 Å². The van der Waals surface area contributed by atoms with Gasteiger partial charge in [0.15, 0.2) is 0 Å². The zero-order valence-electron chi connectivity index (χ0n) is 9.90. The number of anilines is 1. The molecular weight excluding hydrogens is 308 g/mol. The van der Waals surface area contributed by atoms with Gasteiger partial charge in [-0.1, -0.05) is 25.4 Å². The topological polar surface area (TPSA) is 21.3 Å². The van der Waals surface area contributed by atoms with Crippen LogP contribution in [-0.2, 0) is 4.74 Å². The smallest absolute Gasteiger partial charge is 0.125 e. The van der Waals surface area contributed by atoms with Gasteiger partial charge in [0.1, 0.15) is 5.82 Å². The fourth-order valence-corrected chi connectivity index (χ4v) is 2.24. The third-order valence-corrected chi connectivity index (χ3v) is 2.93. The molecule has 17 heavy (non-hydrogen) atoms. The number of nitrogens with one attached hydrogen (secondary N) is 1. The summed E-state index contributed by atoms with van der Waals surface area (Å²) >= 11 is 9.19. The van der Waals surface area contributed by atoms with E-state index in [0.717, 1.165) is 6.61 Å². The number of hydrogen-bond donors (Lipinski definition) is 1. The maximum absolute atomic E-state index is 13.0. The monoisotopic (exact) mass is 323 g/mol. The summed E-state index contributed by atoms with van der Waals surface area (Å²) < 4.78 is 19.0. The van der Waals surface area contributed by atoms with E-state index in [4.69, 9.17) is 16.3 Å². The van der Waals surface area contributed by atoms with E-state index in [1.165, 1.54) is 12.1 Å².